The second-order valence-electron chi connectivity index (χ2n) is 9.04. The van der Waals surface area contributed by atoms with E-state index in [-0.39, 0.29) is 7.33 Å². The van der Waals surface area contributed by atoms with Gasteiger partial charge in [-0.1, -0.05) is 30.7 Å². The van der Waals surface area contributed by atoms with Crippen LogP contribution >= 0.6 is 0 Å². The summed E-state index contributed by atoms with van der Waals surface area (Å²) in [5, 5.41) is 2.79. The summed E-state index contributed by atoms with van der Waals surface area (Å²) in [4.78, 5) is 30.2. The van der Waals surface area contributed by atoms with Crippen molar-refractivity contribution in [1.82, 2.24) is 4.90 Å². The van der Waals surface area contributed by atoms with Crippen LogP contribution in [0.25, 0.3) is 0 Å². The minimum Gasteiger partial charge on any atom is -0.450 e. The van der Waals surface area contributed by atoms with Crippen LogP contribution < -0.4 is 10.2 Å². The number of piperidine rings is 1. The minimum atomic E-state index is -0.482. The van der Waals surface area contributed by atoms with Crippen LogP contribution in [0, 0.1) is 0 Å². The van der Waals surface area contributed by atoms with Gasteiger partial charge in [0.1, 0.15) is 0 Å². The Bertz CT molecular complexity index is 1010. The molecule has 2 fully saturated rings. The molecule has 2 bridgehead atoms. The highest BCUT2D eigenvalue weighted by Crippen LogP contribution is 2.39. The van der Waals surface area contributed by atoms with E-state index in [9.17, 15) is 9.59 Å². The van der Waals surface area contributed by atoms with Gasteiger partial charge in [-0.15, -0.1) is 0 Å². The van der Waals surface area contributed by atoms with Gasteiger partial charge in [-0.25, -0.2) is 4.79 Å². The Balaban J connectivity index is 0.00000259. The first-order valence-electron chi connectivity index (χ1n) is 11.9. The number of aryl methyl sites for hydroxylation is 2. The lowest BCUT2D eigenvalue weighted by Crippen LogP contribution is -2.46. The number of hydrogen-bond donors (Lipinski definition) is 1. The summed E-state index contributed by atoms with van der Waals surface area (Å²) in [5.74, 6) is 0.104. The van der Waals surface area contributed by atoms with Crippen LogP contribution in [-0.2, 0) is 22.4 Å². The van der Waals surface area contributed by atoms with E-state index in [0.29, 0.717) is 30.9 Å². The van der Waals surface area contributed by atoms with E-state index < -0.39 is 6.09 Å². The molecule has 3 aliphatic heterocycles. The number of para-hydroxylation sites is 1. The number of benzene rings is 2. The van der Waals surface area contributed by atoms with Gasteiger partial charge in [0.2, 0.25) is 5.91 Å². The van der Waals surface area contributed by atoms with Gasteiger partial charge in [-0.05, 0) is 74.8 Å². The second kappa shape index (κ2) is 8.94. The van der Waals surface area contributed by atoms with Crippen molar-refractivity contribution in [2.45, 2.75) is 64.0 Å². The SMILES string of the molecule is CCOC(=O)Nc1ccc2c(c1)N(C(=O)CN1[C@@H]3CCC[C@H]1CC3)c1ccccc1CC2.[HH]. The lowest BCUT2D eigenvalue weighted by molar-refractivity contribution is -0.120. The summed E-state index contributed by atoms with van der Waals surface area (Å²) in [7, 11) is 0. The Morgan fingerprint density at radius 3 is 2.47 bits per heavy atom. The number of nitrogens with one attached hydrogen (secondary N) is 1. The zero-order valence-corrected chi connectivity index (χ0v) is 18.7. The molecule has 0 aromatic heterocycles. The van der Waals surface area contributed by atoms with Crippen LogP contribution in [0.1, 0.15) is 51.6 Å². The molecule has 0 unspecified atom stereocenters. The van der Waals surface area contributed by atoms with E-state index in [1.807, 2.05) is 41.3 Å². The van der Waals surface area contributed by atoms with Crippen LogP contribution in [-0.4, -0.2) is 42.1 Å². The molecule has 1 N–H and O–H groups in total. The molecule has 2 aromatic rings. The highest BCUT2D eigenvalue weighted by molar-refractivity contribution is 6.04. The van der Waals surface area contributed by atoms with Gasteiger partial charge < -0.3 is 4.74 Å². The van der Waals surface area contributed by atoms with E-state index in [1.54, 1.807) is 6.92 Å². The van der Waals surface area contributed by atoms with Gasteiger partial charge >= 0.3 is 6.09 Å². The molecule has 0 radical (unpaired) electrons. The normalized spacial score (nSPS) is 22.0. The fourth-order valence-electron chi connectivity index (χ4n) is 5.66. The molecule has 32 heavy (non-hydrogen) atoms. The molecule has 2 aromatic carbocycles. The monoisotopic (exact) mass is 435 g/mol. The molecule has 0 aliphatic carbocycles. The van der Waals surface area contributed by atoms with E-state index in [0.717, 1.165) is 29.8 Å². The van der Waals surface area contributed by atoms with Crippen molar-refractivity contribution in [3.05, 3.63) is 53.6 Å². The molecule has 0 saturated carbocycles. The van der Waals surface area contributed by atoms with Gasteiger partial charge in [-0.2, -0.15) is 0 Å². The molecule has 2 saturated heterocycles. The predicted octanol–water partition coefficient (Wildman–Crippen LogP) is 5.28. The zero-order valence-electron chi connectivity index (χ0n) is 18.7. The Morgan fingerprint density at radius 1 is 1.00 bits per heavy atom. The zero-order chi connectivity index (χ0) is 22.1. The molecule has 3 aliphatic rings. The highest BCUT2D eigenvalue weighted by atomic mass is 16.5. The summed E-state index contributed by atoms with van der Waals surface area (Å²) >= 11 is 0. The molecule has 5 rings (SSSR count). The minimum absolute atomic E-state index is 0. The van der Waals surface area contributed by atoms with E-state index in [4.69, 9.17) is 4.74 Å². The maximum Gasteiger partial charge on any atom is 0.411 e. The number of rotatable bonds is 4. The largest absolute Gasteiger partial charge is 0.450 e. The van der Waals surface area contributed by atoms with Crippen molar-refractivity contribution >= 4 is 29.1 Å². The van der Waals surface area contributed by atoms with Crippen LogP contribution in [0.15, 0.2) is 42.5 Å². The fraction of sp³-hybridized carbons (Fsp3) is 0.462. The second-order valence-corrected chi connectivity index (χ2v) is 9.04. The first-order valence-corrected chi connectivity index (χ1v) is 11.9. The van der Waals surface area contributed by atoms with Crippen LogP contribution in [0.5, 0.6) is 0 Å². The predicted molar refractivity (Wildman–Crippen MR) is 128 cm³/mol. The molecule has 6 heteroatoms. The standard InChI is InChI=1S/C26H31N3O3.H2/c1-2-32-26(31)27-20-13-12-19-11-10-18-6-3-4-9-23(18)29(24(19)16-20)25(30)17-28-21-7-5-8-22(28)15-14-21;/h3-4,6,9,12-13,16,21-22H,2,5,7-8,10-11,14-15,17H2,1H3,(H,27,31);1H/t21-,22+;. The maximum absolute atomic E-state index is 13.9. The molecule has 2 atom stereocenters. The molecular weight excluding hydrogens is 402 g/mol. The third-order valence-corrected chi connectivity index (χ3v) is 7.16. The molecule has 2 amide bonds. The Morgan fingerprint density at radius 2 is 1.72 bits per heavy atom. The summed E-state index contributed by atoms with van der Waals surface area (Å²) in [5.41, 5.74) is 4.74. The fourth-order valence-corrected chi connectivity index (χ4v) is 5.66. The quantitative estimate of drug-likeness (QED) is 0.710. The number of carbonyl (C=O) groups excluding carboxylic acids is 2. The smallest absolute Gasteiger partial charge is 0.411 e. The number of nitrogens with zero attached hydrogens (tertiary/aromatic N) is 2. The summed E-state index contributed by atoms with van der Waals surface area (Å²) < 4.78 is 5.04. The molecule has 170 valence electrons. The van der Waals surface area contributed by atoms with Crippen molar-refractivity contribution in [1.29, 1.82) is 0 Å². The van der Waals surface area contributed by atoms with Crippen LogP contribution in [0.3, 0.4) is 0 Å². The number of hydrogen-bond acceptors (Lipinski definition) is 4. The highest BCUT2D eigenvalue weighted by Gasteiger charge is 2.39. The average Bonchev–Trinajstić information content (AvgIpc) is 2.95. The Kier molecular flexibility index (Phi) is 5.87. The van der Waals surface area contributed by atoms with E-state index in [1.165, 1.54) is 37.7 Å². The third-order valence-electron chi connectivity index (χ3n) is 7.16. The number of anilines is 3. The average molecular weight is 436 g/mol. The van der Waals surface area contributed by atoms with Crippen LogP contribution in [0.2, 0.25) is 0 Å². The molecule has 3 heterocycles. The summed E-state index contributed by atoms with van der Waals surface area (Å²) in [6.07, 6.45) is 7.34. The first kappa shape index (κ1) is 21.0. The number of fused-ring (bicyclic) bond motifs is 4. The molecule has 6 nitrogen and oxygen atoms in total. The van der Waals surface area contributed by atoms with E-state index >= 15 is 0 Å². The third kappa shape index (κ3) is 3.99. The van der Waals surface area contributed by atoms with Crippen molar-refractivity contribution in [3.63, 3.8) is 0 Å². The van der Waals surface area contributed by atoms with Crippen molar-refractivity contribution in [2.75, 3.05) is 23.4 Å². The molecule has 0 spiro atoms. The van der Waals surface area contributed by atoms with Gasteiger partial charge in [0.05, 0.1) is 24.5 Å². The van der Waals surface area contributed by atoms with E-state index in [2.05, 4.69) is 16.3 Å². The van der Waals surface area contributed by atoms with Crippen molar-refractivity contribution < 1.29 is 15.8 Å². The Labute approximate surface area is 191 Å². The number of amides is 2. The molecular formula is C26H33N3O3. The summed E-state index contributed by atoms with van der Waals surface area (Å²) in [6.45, 7) is 2.53. The van der Waals surface area contributed by atoms with Gasteiger partial charge in [0.25, 0.3) is 0 Å². The first-order chi connectivity index (χ1) is 15.6. The summed E-state index contributed by atoms with van der Waals surface area (Å²) in [6, 6.07) is 15.1. The number of carbonyl (C=O) groups is 2. The van der Waals surface area contributed by atoms with Crippen molar-refractivity contribution in [2.24, 2.45) is 0 Å². The maximum atomic E-state index is 13.9. The van der Waals surface area contributed by atoms with Gasteiger partial charge in [0, 0.05) is 19.2 Å². The number of ether oxygens (including phenoxy) is 1. The van der Waals surface area contributed by atoms with Gasteiger partial charge in [0.15, 0.2) is 0 Å². The topological polar surface area (TPSA) is 61.9 Å². The lowest BCUT2D eigenvalue weighted by Gasteiger charge is -2.36. The lowest BCUT2D eigenvalue weighted by atomic mass is 10.0. The van der Waals surface area contributed by atoms with Gasteiger partial charge in [-0.3, -0.25) is 19.9 Å². The van der Waals surface area contributed by atoms with Crippen LogP contribution in [0.4, 0.5) is 21.9 Å². The Hall–Kier alpha value is -2.86. The van der Waals surface area contributed by atoms with Crippen molar-refractivity contribution in [3.8, 4) is 0 Å².